The molecule has 0 bridgehead atoms. The molecule has 1 saturated heterocycles. The lowest BCUT2D eigenvalue weighted by Crippen LogP contribution is -2.56. The summed E-state index contributed by atoms with van der Waals surface area (Å²) in [6.07, 6.45) is 0. The topological polar surface area (TPSA) is 81.8 Å². The van der Waals surface area contributed by atoms with Crippen molar-refractivity contribution < 1.29 is 14.4 Å². The number of nitrogens with zero attached hydrogens (tertiary/aromatic N) is 2. The average molecular weight is 367 g/mol. The van der Waals surface area contributed by atoms with E-state index in [2.05, 4.69) is 22.8 Å². The molecule has 2 aliphatic rings. The van der Waals surface area contributed by atoms with Crippen molar-refractivity contribution in [3.05, 3.63) is 34.9 Å². The third kappa shape index (κ3) is 4.29. The van der Waals surface area contributed by atoms with Gasteiger partial charge in [0.2, 0.25) is 5.91 Å². The number of carbonyl (C=O) groups is 3. The van der Waals surface area contributed by atoms with Gasteiger partial charge in [0.1, 0.15) is 6.54 Å². The Labute approximate surface area is 153 Å². The van der Waals surface area contributed by atoms with Gasteiger partial charge in [-0.05, 0) is 23.6 Å². The van der Waals surface area contributed by atoms with Crippen LogP contribution in [-0.2, 0) is 34.0 Å². The molecule has 0 unspecified atom stereocenters. The van der Waals surface area contributed by atoms with Crippen LogP contribution in [0.1, 0.15) is 23.6 Å². The quantitative estimate of drug-likeness (QED) is 0.720. The maximum Gasteiger partial charge on any atom is 0.312 e. The predicted molar refractivity (Wildman–Crippen MR) is 94.9 cm³/mol. The molecule has 1 aromatic rings. The van der Waals surface area contributed by atoms with Crippen LogP contribution >= 0.6 is 12.4 Å². The van der Waals surface area contributed by atoms with Gasteiger partial charge in [-0.3, -0.25) is 14.4 Å². The number of halogens is 1. The summed E-state index contributed by atoms with van der Waals surface area (Å²) in [4.78, 5) is 38.7. The first kappa shape index (κ1) is 19.2. The Morgan fingerprint density at radius 3 is 2.56 bits per heavy atom. The number of carbonyl (C=O) groups excluding carboxylic acids is 3. The van der Waals surface area contributed by atoms with Gasteiger partial charge >= 0.3 is 11.8 Å². The van der Waals surface area contributed by atoms with E-state index >= 15 is 0 Å². The summed E-state index contributed by atoms with van der Waals surface area (Å²) in [5.74, 6) is -1.37. The molecule has 8 heteroatoms. The van der Waals surface area contributed by atoms with Crippen LogP contribution < -0.4 is 10.6 Å². The fraction of sp³-hybridized carbons (Fsp3) is 0.471. The molecule has 1 fully saturated rings. The number of benzene rings is 1. The zero-order chi connectivity index (χ0) is 17.1. The number of hydrogen-bond acceptors (Lipinski definition) is 4. The lowest BCUT2D eigenvalue weighted by Gasteiger charge is -2.32. The van der Waals surface area contributed by atoms with Crippen molar-refractivity contribution in [1.82, 2.24) is 20.4 Å². The molecule has 0 radical (unpaired) electrons. The van der Waals surface area contributed by atoms with E-state index in [1.54, 1.807) is 0 Å². The van der Waals surface area contributed by atoms with E-state index < -0.39 is 11.8 Å². The summed E-state index contributed by atoms with van der Waals surface area (Å²) in [5, 5.41) is 6.10. The largest absolute Gasteiger partial charge is 0.350 e. The Balaban J connectivity index is 0.00000225. The standard InChI is InChI=1S/C17H22N4O3.ClH/c1-2-20-5-6-21(17(24)16(20)23)11-15(22)19-8-12-3-4-13-9-18-10-14(13)7-12;/h3-4,7,18H,2,5-6,8-11H2,1H3,(H,19,22);1H. The van der Waals surface area contributed by atoms with Gasteiger partial charge in [-0.1, -0.05) is 18.2 Å². The van der Waals surface area contributed by atoms with Crippen molar-refractivity contribution >= 4 is 30.1 Å². The molecule has 0 aromatic heterocycles. The number of nitrogens with one attached hydrogen (secondary N) is 2. The number of piperazine rings is 1. The van der Waals surface area contributed by atoms with Crippen molar-refractivity contribution in [2.75, 3.05) is 26.2 Å². The van der Waals surface area contributed by atoms with Crippen LogP contribution in [0.25, 0.3) is 0 Å². The number of amides is 3. The minimum atomic E-state index is -0.596. The molecule has 0 spiro atoms. The SMILES string of the molecule is CCN1CCN(CC(=O)NCc2ccc3c(c2)CNC3)C(=O)C1=O.Cl. The summed E-state index contributed by atoms with van der Waals surface area (Å²) in [5.41, 5.74) is 3.59. The predicted octanol–water partition coefficient (Wildman–Crippen LogP) is 0.0185. The van der Waals surface area contributed by atoms with E-state index in [9.17, 15) is 14.4 Å². The average Bonchev–Trinajstić information content (AvgIpc) is 3.05. The first-order valence-electron chi connectivity index (χ1n) is 8.24. The van der Waals surface area contributed by atoms with Crippen LogP contribution in [0.5, 0.6) is 0 Å². The second-order valence-electron chi connectivity index (χ2n) is 6.09. The van der Waals surface area contributed by atoms with Crippen molar-refractivity contribution in [3.8, 4) is 0 Å². The summed E-state index contributed by atoms with van der Waals surface area (Å²) in [6, 6.07) is 6.16. The molecule has 2 heterocycles. The van der Waals surface area contributed by atoms with Crippen LogP contribution in [0.15, 0.2) is 18.2 Å². The highest BCUT2D eigenvalue weighted by molar-refractivity contribution is 6.35. The molecule has 25 heavy (non-hydrogen) atoms. The van der Waals surface area contributed by atoms with Gasteiger partial charge in [-0.15, -0.1) is 12.4 Å². The lowest BCUT2D eigenvalue weighted by molar-refractivity contribution is -0.156. The van der Waals surface area contributed by atoms with Crippen molar-refractivity contribution in [1.29, 1.82) is 0 Å². The smallest absolute Gasteiger partial charge is 0.312 e. The van der Waals surface area contributed by atoms with Crippen LogP contribution in [0.4, 0.5) is 0 Å². The highest BCUT2D eigenvalue weighted by Crippen LogP contribution is 2.16. The third-order valence-electron chi connectivity index (χ3n) is 4.50. The van der Waals surface area contributed by atoms with Crippen LogP contribution in [0.3, 0.4) is 0 Å². The molecule has 1 aromatic carbocycles. The molecule has 2 N–H and O–H groups in total. The number of rotatable bonds is 5. The molecule has 3 amide bonds. The van der Waals surface area contributed by atoms with E-state index in [0.29, 0.717) is 26.2 Å². The normalized spacial score (nSPS) is 16.5. The molecule has 0 atom stereocenters. The van der Waals surface area contributed by atoms with Crippen molar-refractivity contribution in [2.24, 2.45) is 0 Å². The highest BCUT2D eigenvalue weighted by atomic mass is 35.5. The summed E-state index contributed by atoms with van der Waals surface area (Å²) in [6.45, 7) is 5.31. The Hall–Kier alpha value is -2.12. The Bertz CT molecular complexity index is 680. The fourth-order valence-corrected chi connectivity index (χ4v) is 3.06. The minimum absolute atomic E-state index is 0. The van der Waals surface area contributed by atoms with Crippen LogP contribution in [0, 0.1) is 0 Å². The lowest BCUT2D eigenvalue weighted by atomic mass is 10.1. The Kier molecular flexibility index (Phi) is 6.39. The molecule has 0 aliphatic carbocycles. The van der Waals surface area contributed by atoms with Crippen LogP contribution in [-0.4, -0.2) is 53.7 Å². The summed E-state index contributed by atoms with van der Waals surface area (Å²) >= 11 is 0. The second kappa shape index (κ2) is 8.31. The van der Waals surface area contributed by atoms with E-state index in [1.165, 1.54) is 20.9 Å². The van der Waals surface area contributed by atoms with Gasteiger partial charge in [0, 0.05) is 39.3 Å². The van der Waals surface area contributed by atoms with Gasteiger partial charge in [0.05, 0.1) is 0 Å². The molecule has 0 saturated carbocycles. The second-order valence-corrected chi connectivity index (χ2v) is 6.09. The van der Waals surface area contributed by atoms with Gasteiger partial charge < -0.3 is 20.4 Å². The Morgan fingerprint density at radius 1 is 1.12 bits per heavy atom. The Morgan fingerprint density at radius 2 is 1.80 bits per heavy atom. The molecule has 136 valence electrons. The first-order chi connectivity index (χ1) is 11.6. The zero-order valence-electron chi connectivity index (χ0n) is 14.2. The van der Waals surface area contributed by atoms with Crippen molar-refractivity contribution in [2.45, 2.75) is 26.6 Å². The minimum Gasteiger partial charge on any atom is -0.350 e. The molecule has 2 aliphatic heterocycles. The molecule has 7 nitrogen and oxygen atoms in total. The van der Waals surface area contributed by atoms with Crippen molar-refractivity contribution in [3.63, 3.8) is 0 Å². The van der Waals surface area contributed by atoms with Gasteiger partial charge in [-0.2, -0.15) is 0 Å². The van der Waals surface area contributed by atoms with E-state index in [4.69, 9.17) is 0 Å². The fourth-order valence-electron chi connectivity index (χ4n) is 3.06. The van der Waals surface area contributed by atoms with E-state index in [1.807, 2.05) is 13.0 Å². The zero-order valence-corrected chi connectivity index (χ0v) is 15.0. The van der Waals surface area contributed by atoms with Gasteiger partial charge in [0.15, 0.2) is 0 Å². The maximum absolute atomic E-state index is 12.1. The molecular weight excluding hydrogens is 344 g/mol. The summed E-state index contributed by atoms with van der Waals surface area (Å²) < 4.78 is 0. The van der Waals surface area contributed by atoms with E-state index in [-0.39, 0.29) is 24.9 Å². The van der Waals surface area contributed by atoms with Gasteiger partial charge in [0.25, 0.3) is 0 Å². The maximum atomic E-state index is 12.1. The van der Waals surface area contributed by atoms with Crippen LogP contribution in [0.2, 0.25) is 0 Å². The number of fused-ring (bicyclic) bond motifs is 1. The summed E-state index contributed by atoms with van der Waals surface area (Å²) in [7, 11) is 0. The molecular formula is C17H23ClN4O3. The highest BCUT2D eigenvalue weighted by Gasteiger charge is 2.32. The number of hydrogen-bond donors (Lipinski definition) is 2. The number of likely N-dealkylation sites (N-methyl/N-ethyl adjacent to an activating group) is 1. The van der Waals surface area contributed by atoms with Gasteiger partial charge in [-0.25, -0.2) is 0 Å². The monoisotopic (exact) mass is 366 g/mol. The van der Waals surface area contributed by atoms with E-state index in [0.717, 1.165) is 18.7 Å². The first-order valence-corrected chi connectivity index (χ1v) is 8.24. The molecule has 3 rings (SSSR count). The third-order valence-corrected chi connectivity index (χ3v) is 4.50.